The summed E-state index contributed by atoms with van der Waals surface area (Å²) in [6, 6.07) is -0.0598. The van der Waals surface area contributed by atoms with Crippen LogP contribution in [-0.2, 0) is 9.59 Å². The van der Waals surface area contributed by atoms with Gasteiger partial charge in [-0.25, -0.2) is 0 Å². The molecule has 0 atom stereocenters. The smallest absolute Gasteiger partial charge is 0.323 e. The molecule has 0 aromatic carbocycles. The third kappa shape index (κ3) is 6.71. The minimum absolute atomic E-state index is 0.0598. The van der Waals surface area contributed by atoms with E-state index in [2.05, 4.69) is 6.92 Å². The summed E-state index contributed by atoms with van der Waals surface area (Å²) < 4.78 is 0. The van der Waals surface area contributed by atoms with Crippen molar-refractivity contribution in [3.05, 3.63) is 0 Å². The Balaban J connectivity index is 4.02. The predicted molar refractivity (Wildman–Crippen MR) is 66.7 cm³/mol. The fraction of sp³-hybridized carbons (Fsp3) is 0.818. The summed E-state index contributed by atoms with van der Waals surface area (Å²) in [6.07, 6.45) is 2.21. The molecule has 0 spiro atoms. The molecule has 0 saturated carbocycles. The van der Waals surface area contributed by atoms with Gasteiger partial charge in [-0.2, -0.15) is 11.8 Å². The van der Waals surface area contributed by atoms with Gasteiger partial charge < -0.3 is 10.0 Å². The van der Waals surface area contributed by atoms with Crippen LogP contribution < -0.4 is 0 Å². The highest BCUT2D eigenvalue weighted by Gasteiger charge is 2.19. The Hall–Kier alpha value is -0.710. The van der Waals surface area contributed by atoms with Gasteiger partial charge in [-0.15, -0.1) is 0 Å². The van der Waals surface area contributed by atoms with Gasteiger partial charge in [-0.3, -0.25) is 9.59 Å². The van der Waals surface area contributed by atoms with Crippen molar-refractivity contribution in [2.24, 2.45) is 0 Å². The lowest BCUT2D eigenvalue weighted by Crippen LogP contribution is -2.41. The number of rotatable bonds is 8. The van der Waals surface area contributed by atoms with Crippen molar-refractivity contribution >= 4 is 23.6 Å². The molecular formula is C11H21NO3S. The first kappa shape index (κ1) is 15.3. The predicted octanol–water partition coefficient (Wildman–Crippen LogP) is 1.84. The molecule has 0 heterocycles. The maximum atomic E-state index is 11.7. The van der Waals surface area contributed by atoms with E-state index in [1.165, 1.54) is 4.90 Å². The second-order valence-electron chi connectivity index (χ2n) is 3.92. The molecule has 0 aliphatic carbocycles. The monoisotopic (exact) mass is 247 g/mol. The number of carbonyl (C=O) groups excluding carboxylic acids is 1. The molecule has 0 bridgehead atoms. The minimum atomic E-state index is -0.958. The van der Waals surface area contributed by atoms with E-state index in [1.54, 1.807) is 11.8 Å². The highest BCUT2D eigenvalue weighted by Crippen LogP contribution is 2.08. The Bertz CT molecular complexity index is 231. The summed E-state index contributed by atoms with van der Waals surface area (Å²) in [5.74, 6) is 0.297. The lowest BCUT2D eigenvalue weighted by atomic mass is 10.3. The molecule has 0 rings (SSSR count). The Kier molecular flexibility index (Phi) is 8.07. The van der Waals surface area contributed by atoms with E-state index in [1.807, 2.05) is 13.8 Å². The zero-order chi connectivity index (χ0) is 12.6. The lowest BCUT2D eigenvalue weighted by Gasteiger charge is -2.24. The van der Waals surface area contributed by atoms with Gasteiger partial charge in [0.15, 0.2) is 0 Å². The number of nitrogens with zero attached hydrogens (tertiary/aromatic N) is 1. The van der Waals surface area contributed by atoms with Gasteiger partial charge in [0.1, 0.15) is 6.54 Å². The van der Waals surface area contributed by atoms with Crippen LogP contribution in [0.4, 0.5) is 0 Å². The van der Waals surface area contributed by atoms with Crippen LogP contribution in [-0.4, -0.2) is 46.0 Å². The van der Waals surface area contributed by atoms with Crippen molar-refractivity contribution in [3.8, 4) is 0 Å². The molecule has 0 aliphatic rings. The lowest BCUT2D eigenvalue weighted by molar-refractivity contribution is -0.144. The van der Waals surface area contributed by atoms with E-state index < -0.39 is 5.97 Å². The van der Waals surface area contributed by atoms with Crippen molar-refractivity contribution in [1.82, 2.24) is 4.90 Å². The number of hydrogen-bond donors (Lipinski definition) is 1. The summed E-state index contributed by atoms with van der Waals surface area (Å²) in [5, 5.41) is 8.69. The molecule has 5 heteroatoms. The number of carboxylic acid groups (broad SMARTS) is 1. The zero-order valence-electron chi connectivity index (χ0n) is 10.2. The number of carboxylic acids is 1. The van der Waals surface area contributed by atoms with Crippen molar-refractivity contribution < 1.29 is 14.7 Å². The summed E-state index contributed by atoms with van der Waals surface area (Å²) >= 11 is 1.57. The normalized spacial score (nSPS) is 10.5. The van der Waals surface area contributed by atoms with Crippen molar-refractivity contribution in [2.75, 3.05) is 18.1 Å². The largest absolute Gasteiger partial charge is 0.480 e. The Morgan fingerprint density at radius 2 is 2.00 bits per heavy atom. The molecule has 0 aromatic rings. The molecule has 0 aliphatic heterocycles. The average molecular weight is 247 g/mol. The quantitative estimate of drug-likeness (QED) is 0.665. The van der Waals surface area contributed by atoms with Crippen molar-refractivity contribution in [3.63, 3.8) is 0 Å². The van der Waals surface area contributed by atoms with Gasteiger partial charge in [-0.1, -0.05) is 13.3 Å². The van der Waals surface area contributed by atoms with Gasteiger partial charge in [0, 0.05) is 6.04 Å². The molecule has 0 saturated heterocycles. The third-order valence-electron chi connectivity index (χ3n) is 2.12. The second-order valence-corrected chi connectivity index (χ2v) is 5.02. The van der Waals surface area contributed by atoms with Crippen LogP contribution in [0.1, 0.15) is 33.6 Å². The molecular weight excluding hydrogens is 226 g/mol. The fourth-order valence-corrected chi connectivity index (χ4v) is 2.17. The van der Waals surface area contributed by atoms with Gasteiger partial charge in [-0.05, 0) is 26.0 Å². The van der Waals surface area contributed by atoms with Crippen LogP contribution in [0.25, 0.3) is 0 Å². The fourth-order valence-electron chi connectivity index (χ4n) is 1.19. The van der Waals surface area contributed by atoms with Gasteiger partial charge in [0.05, 0.1) is 5.75 Å². The highest BCUT2D eigenvalue weighted by atomic mass is 32.2. The number of aliphatic carboxylic acids is 1. The second kappa shape index (κ2) is 8.44. The number of thioether (sulfide) groups is 1. The topological polar surface area (TPSA) is 57.6 Å². The molecule has 0 aromatic heterocycles. The number of amides is 1. The maximum absolute atomic E-state index is 11.7. The van der Waals surface area contributed by atoms with Crippen LogP contribution in [0.2, 0.25) is 0 Å². The van der Waals surface area contributed by atoms with Crippen LogP contribution in [0.15, 0.2) is 0 Å². The SMILES string of the molecule is CCCCSCC(=O)N(CC(=O)O)C(C)C. The van der Waals surface area contributed by atoms with E-state index in [0.29, 0.717) is 5.75 Å². The van der Waals surface area contributed by atoms with Crippen molar-refractivity contribution in [2.45, 2.75) is 39.7 Å². The summed E-state index contributed by atoms with van der Waals surface area (Å²) in [7, 11) is 0. The number of unbranched alkanes of at least 4 members (excludes halogenated alkanes) is 1. The standard InChI is InChI=1S/C11H21NO3S/c1-4-5-6-16-8-10(13)12(9(2)3)7-11(14)15/h9H,4-8H2,1-3H3,(H,14,15). The molecule has 0 unspecified atom stereocenters. The zero-order valence-corrected chi connectivity index (χ0v) is 11.0. The number of carbonyl (C=O) groups is 2. The first-order valence-corrected chi connectivity index (χ1v) is 6.73. The van der Waals surface area contributed by atoms with E-state index in [9.17, 15) is 9.59 Å². The molecule has 0 radical (unpaired) electrons. The highest BCUT2D eigenvalue weighted by molar-refractivity contribution is 7.99. The van der Waals surface area contributed by atoms with Crippen LogP contribution in [0, 0.1) is 0 Å². The van der Waals surface area contributed by atoms with Crippen LogP contribution >= 0.6 is 11.8 Å². The minimum Gasteiger partial charge on any atom is -0.480 e. The summed E-state index contributed by atoms with van der Waals surface area (Å²) in [4.78, 5) is 23.7. The summed E-state index contributed by atoms with van der Waals surface area (Å²) in [5.41, 5.74) is 0. The van der Waals surface area contributed by atoms with E-state index in [4.69, 9.17) is 5.11 Å². The Morgan fingerprint density at radius 1 is 1.38 bits per heavy atom. The van der Waals surface area contributed by atoms with Gasteiger partial charge in [0.25, 0.3) is 0 Å². The Morgan fingerprint density at radius 3 is 2.44 bits per heavy atom. The Labute approximate surface area is 101 Å². The van der Waals surface area contributed by atoms with Gasteiger partial charge >= 0.3 is 5.97 Å². The number of hydrogen-bond acceptors (Lipinski definition) is 3. The first-order valence-electron chi connectivity index (χ1n) is 5.58. The average Bonchev–Trinajstić information content (AvgIpc) is 2.20. The molecule has 1 amide bonds. The first-order chi connectivity index (χ1) is 7.49. The van der Waals surface area contributed by atoms with E-state index in [-0.39, 0.29) is 18.5 Å². The van der Waals surface area contributed by atoms with E-state index in [0.717, 1.165) is 18.6 Å². The molecule has 0 fully saturated rings. The van der Waals surface area contributed by atoms with E-state index >= 15 is 0 Å². The summed E-state index contributed by atoms with van der Waals surface area (Å²) in [6.45, 7) is 5.56. The molecule has 1 N–H and O–H groups in total. The maximum Gasteiger partial charge on any atom is 0.323 e. The molecule has 94 valence electrons. The van der Waals surface area contributed by atoms with Crippen LogP contribution in [0.3, 0.4) is 0 Å². The third-order valence-corrected chi connectivity index (χ3v) is 3.15. The van der Waals surface area contributed by atoms with Crippen molar-refractivity contribution in [1.29, 1.82) is 0 Å². The molecule has 16 heavy (non-hydrogen) atoms. The van der Waals surface area contributed by atoms with Crippen LogP contribution in [0.5, 0.6) is 0 Å². The molecule has 4 nitrogen and oxygen atoms in total. The van der Waals surface area contributed by atoms with Gasteiger partial charge in [0.2, 0.25) is 5.91 Å².